The highest BCUT2D eigenvalue weighted by molar-refractivity contribution is 7.92. The summed E-state index contributed by atoms with van der Waals surface area (Å²) in [5.74, 6) is -0.616. The quantitative estimate of drug-likeness (QED) is 0.191. The van der Waals surface area contributed by atoms with E-state index in [-0.39, 0.29) is 4.90 Å². The van der Waals surface area contributed by atoms with Gasteiger partial charge in [0, 0.05) is 27.0 Å². The topological polar surface area (TPSA) is 83.8 Å². The van der Waals surface area contributed by atoms with Crippen molar-refractivity contribution in [2.24, 2.45) is 5.10 Å². The molecule has 0 aliphatic heterocycles. The number of benzene rings is 3. The molecule has 4 rings (SSSR count). The Labute approximate surface area is 236 Å². The molecule has 4 aromatic rings. The number of sulfonamides is 1. The van der Waals surface area contributed by atoms with Crippen LogP contribution in [0.2, 0.25) is 15.1 Å². The van der Waals surface area contributed by atoms with Crippen molar-refractivity contribution in [1.82, 2.24) is 9.99 Å². The van der Waals surface area contributed by atoms with Crippen LogP contribution in [0.3, 0.4) is 0 Å². The lowest BCUT2D eigenvalue weighted by atomic mass is 10.2. The van der Waals surface area contributed by atoms with Gasteiger partial charge < -0.3 is 4.57 Å². The third kappa shape index (κ3) is 6.05. The molecule has 1 amide bonds. The molecule has 0 radical (unpaired) electrons. The lowest BCUT2D eigenvalue weighted by Gasteiger charge is -2.23. The molecule has 1 N–H and O–H groups in total. The Balaban J connectivity index is 1.55. The van der Waals surface area contributed by atoms with Gasteiger partial charge in [-0.1, -0.05) is 53.0 Å². The highest BCUT2D eigenvalue weighted by Crippen LogP contribution is 2.29. The van der Waals surface area contributed by atoms with Gasteiger partial charge in [0.25, 0.3) is 15.9 Å². The van der Waals surface area contributed by atoms with Crippen LogP contribution in [0, 0.1) is 13.8 Å². The van der Waals surface area contributed by atoms with Crippen LogP contribution in [-0.2, 0) is 14.8 Å². The predicted molar refractivity (Wildman–Crippen MR) is 153 cm³/mol. The Hall–Kier alpha value is -3.30. The molecule has 1 heterocycles. The molecule has 0 aliphatic rings. The lowest BCUT2D eigenvalue weighted by molar-refractivity contribution is -0.119. The number of nitrogens with one attached hydrogen (secondary N) is 1. The summed E-state index contributed by atoms with van der Waals surface area (Å²) < 4.78 is 29.7. The number of aromatic nitrogens is 1. The first kappa shape index (κ1) is 27.7. The van der Waals surface area contributed by atoms with E-state index in [9.17, 15) is 13.2 Å². The van der Waals surface area contributed by atoms with Gasteiger partial charge in [0.15, 0.2) is 0 Å². The fourth-order valence-electron chi connectivity index (χ4n) is 3.93. The van der Waals surface area contributed by atoms with Crippen LogP contribution >= 0.6 is 34.8 Å². The molecule has 196 valence electrons. The summed E-state index contributed by atoms with van der Waals surface area (Å²) in [6.45, 7) is 3.33. The minimum absolute atomic E-state index is 0.00849. The molecular formula is C27H23Cl3N4O3S. The summed E-state index contributed by atoms with van der Waals surface area (Å²) in [4.78, 5) is 12.8. The number of rotatable bonds is 8. The Morgan fingerprint density at radius 1 is 0.947 bits per heavy atom. The Morgan fingerprint density at radius 3 is 2.29 bits per heavy atom. The van der Waals surface area contributed by atoms with Crippen molar-refractivity contribution in [3.8, 4) is 5.69 Å². The van der Waals surface area contributed by atoms with Gasteiger partial charge in [-0.2, -0.15) is 5.10 Å². The fourth-order valence-corrected chi connectivity index (χ4v) is 5.84. The van der Waals surface area contributed by atoms with Gasteiger partial charge in [-0.05, 0) is 74.5 Å². The number of hydrogen-bond donors (Lipinski definition) is 1. The monoisotopic (exact) mass is 588 g/mol. The largest absolute Gasteiger partial charge is 0.316 e. The molecular weight excluding hydrogens is 567 g/mol. The van der Waals surface area contributed by atoms with Gasteiger partial charge in [0.1, 0.15) is 6.54 Å². The predicted octanol–water partition coefficient (Wildman–Crippen LogP) is 6.40. The molecule has 0 atom stereocenters. The standard InChI is InChI=1S/C27H23Cl3N4O3S/c1-18-14-20(19(2)34(18)26-15-22(29)10-13-25(26)30)16-31-32-27(35)17-33(23-6-4-3-5-7-23)38(36,37)24-11-8-21(28)9-12-24/h3-16H,17H2,1-2H3,(H,32,35)/b31-16-. The zero-order valence-corrected chi connectivity index (χ0v) is 23.5. The molecule has 38 heavy (non-hydrogen) atoms. The average Bonchev–Trinajstić information content (AvgIpc) is 3.17. The maximum atomic E-state index is 13.4. The summed E-state index contributed by atoms with van der Waals surface area (Å²) in [5.41, 5.74) is 5.96. The van der Waals surface area contributed by atoms with Crippen molar-refractivity contribution in [2.75, 3.05) is 10.8 Å². The number of carbonyl (C=O) groups excluding carboxylic acids is 1. The number of para-hydroxylation sites is 1. The molecule has 7 nitrogen and oxygen atoms in total. The van der Waals surface area contributed by atoms with E-state index in [1.54, 1.807) is 48.5 Å². The van der Waals surface area contributed by atoms with Crippen LogP contribution in [-0.4, -0.2) is 31.7 Å². The molecule has 1 aromatic heterocycles. The molecule has 0 fully saturated rings. The second-order valence-electron chi connectivity index (χ2n) is 8.35. The van der Waals surface area contributed by atoms with E-state index in [0.717, 1.165) is 26.9 Å². The summed E-state index contributed by atoms with van der Waals surface area (Å²) in [6.07, 6.45) is 1.50. The van der Waals surface area contributed by atoms with Gasteiger partial charge in [-0.25, -0.2) is 13.8 Å². The van der Waals surface area contributed by atoms with E-state index in [1.807, 2.05) is 24.5 Å². The number of amides is 1. The molecule has 11 heteroatoms. The first-order valence-electron chi connectivity index (χ1n) is 11.4. The molecule has 0 saturated heterocycles. The van der Waals surface area contributed by atoms with Gasteiger partial charge in [-0.3, -0.25) is 9.10 Å². The number of anilines is 1. The number of hydrazone groups is 1. The van der Waals surface area contributed by atoms with Crippen molar-refractivity contribution in [1.29, 1.82) is 0 Å². The third-order valence-corrected chi connectivity index (χ3v) is 8.34. The number of aryl methyl sites for hydroxylation is 1. The maximum absolute atomic E-state index is 13.4. The smallest absolute Gasteiger partial charge is 0.264 e. The van der Waals surface area contributed by atoms with E-state index in [4.69, 9.17) is 34.8 Å². The second kappa shape index (κ2) is 11.6. The lowest BCUT2D eigenvalue weighted by Crippen LogP contribution is -2.39. The number of hydrogen-bond acceptors (Lipinski definition) is 4. The van der Waals surface area contributed by atoms with Gasteiger partial charge in [0.05, 0.1) is 27.5 Å². The highest BCUT2D eigenvalue weighted by Gasteiger charge is 2.27. The van der Waals surface area contributed by atoms with E-state index < -0.39 is 22.5 Å². The zero-order chi connectivity index (χ0) is 27.4. The van der Waals surface area contributed by atoms with Crippen LogP contribution in [0.4, 0.5) is 5.69 Å². The molecule has 3 aromatic carbocycles. The number of halogens is 3. The highest BCUT2D eigenvalue weighted by atomic mass is 35.5. The molecule has 0 spiro atoms. The van der Waals surface area contributed by atoms with Crippen LogP contribution in [0.5, 0.6) is 0 Å². The summed E-state index contributed by atoms with van der Waals surface area (Å²) >= 11 is 18.5. The maximum Gasteiger partial charge on any atom is 0.264 e. The fraction of sp³-hybridized carbons (Fsp3) is 0.111. The van der Waals surface area contributed by atoms with Crippen LogP contribution in [0.15, 0.2) is 88.9 Å². The van der Waals surface area contributed by atoms with Crippen molar-refractivity contribution in [3.63, 3.8) is 0 Å². The van der Waals surface area contributed by atoms with Crippen LogP contribution < -0.4 is 9.73 Å². The van der Waals surface area contributed by atoms with Crippen molar-refractivity contribution >= 4 is 62.6 Å². The minimum atomic E-state index is -4.06. The Bertz CT molecular complexity index is 1600. The van der Waals surface area contributed by atoms with E-state index in [0.29, 0.717) is 20.8 Å². The van der Waals surface area contributed by atoms with E-state index >= 15 is 0 Å². The van der Waals surface area contributed by atoms with Crippen LogP contribution in [0.1, 0.15) is 17.0 Å². The van der Waals surface area contributed by atoms with Gasteiger partial charge in [0.2, 0.25) is 0 Å². The summed E-state index contributed by atoms with van der Waals surface area (Å²) in [5, 5.41) is 5.56. The summed E-state index contributed by atoms with van der Waals surface area (Å²) in [6, 6.07) is 21.2. The van der Waals surface area contributed by atoms with Crippen molar-refractivity contribution in [3.05, 3.63) is 111 Å². The van der Waals surface area contributed by atoms with E-state index in [2.05, 4.69) is 10.5 Å². The van der Waals surface area contributed by atoms with Crippen LogP contribution in [0.25, 0.3) is 5.69 Å². The SMILES string of the molecule is Cc1cc(/C=N\NC(=O)CN(c2ccccc2)S(=O)(=O)c2ccc(Cl)cc2)c(C)n1-c1cc(Cl)ccc1Cl. The average molecular weight is 590 g/mol. The summed E-state index contributed by atoms with van der Waals surface area (Å²) in [7, 11) is -4.06. The Morgan fingerprint density at radius 2 is 1.61 bits per heavy atom. The third-order valence-electron chi connectivity index (χ3n) is 5.75. The minimum Gasteiger partial charge on any atom is -0.316 e. The Kier molecular flexibility index (Phi) is 8.47. The molecule has 0 aliphatic carbocycles. The van der Waals surface area contributed by atoms with Crippen molar-refractivity contribution in [2.45, 2.75) is 18.7 Å². The molecule has 0 bridgehead atoms. The first-order valence-corrected chi connectivity index (χ1v) is 13.9. The molecule has 0 saturated carbocycles. The number of nitrogens with zero attached hydrogens (tertiary/aromatic N) is 3. The second-order valence-corrected chi connectivity index (χ2v) is 11.5. The van der Waals surface area contributed by atoms with E-state index in [1.165, 1.54) is 30.5 Å². The van der Waals surface area contributed by atoms with Gasteiger partial charge >= 0.3 is 0 Å². The number of carbonyl (C=O) groups is 1. The van der Waals surface area contributed by atoms with Gasteiger partial charge in [-0.15, -0.1) is 0 Å². The zero-order valence-electron chi connectivity index (χ0n) is 20.4. The molecule has 0 unspecified atom stereocenters. The van der Waals surface area contributed by atoms with Crippen molar-refractivity contribution < 1.29 is 13.2 Å². The first-order chi connectivity index (χ1) is 18.1. The normalized spacial score (nSPS) is 11.6.